The van der Waals surface area contributed by atoms with Gasteiger partial charge in [0, 0.05) is 12.4 Å². The summed E-state index contributed by atoms with van der Waals surface area (Å²) in [7, 11) is 1.83. The van der Waals surface area contributed by atoms with Crippen molar-refractivity contribution in [2.75, 3.05) is 0 Å². The zero-order valence-electron chi connectivity index (χ0n) is 6.95. The monoisotopic (exact) mass is 191 g/mol. The van der Waals surface area contributed by atoms with Crippen LogP contribution in [0.1, 0.15) is 5.56 Å². The van der Waals surface area contributed by atoms with E-state index in [1.165, 1.54) is 0 Å². The van der Waals surface area contributed by atoms with Gasteiger partial charge >= 0.3 is 0 Å². The van der Waals surface area contributed by atoms with Gasteiger partial charge in [-0.3, -0.25) is 4.68 Å². The number of halogens is 1. The van der Waals surface area contributed by atoms with E-state index in [0.717, 1.165) is 10.9 Å². The molecular weight excluding hydrogens is 186 g/mol. The van der Waals surface area contributed by atoms with Gasteiger partial charge in [-0.2, -0.15) is 10.4 Å². The fraction of sp³-hybridized carbons (Fsp3) is 0.111. The summed E-state index contributed by atoms with van der Waals surface area (Å²) in [6, 6.07) is 5.52. The fourth-order valence-corrected chi connectivity index (χ4v) is 1.47. The largest absolute Gasteiger partial charge is 0.268 e. The average Bonchev–Trinajstić information content (AvgIpc) is 2.46. The number of hydrogen-bond acceptors (Lipinski definition) is 2. The van der Waals surface area contributed by atoms with Crippen LogP contribution in [0.3, 0.4) is 0 Å². The third kappa shape index (κ3) is 1.16. The molecule has 0 atom stereocenters. The first kappa shape index (κ1) is 8.09. The van der Waals surface area contributed by atoms with Crippen LogP contribution in [0.25, 0.3) is 10.9 Å². The van der Waals surface area contributed by atoms with E-state index in [1.807, 2.05) is 13.1 Å². The Morgan fingerprint density at radius 3 is 3.00 bits per heavy atom. The minimum Gasteiger partial charge on any atom is -0.268 e. The highest BCUT2D eigenvalue weighted by molar-refractivity contribution is 6.32. The van der Waals surface area contributed by atoms with Crippen molar-refractivity contribution in [3.8, 4) is 6.07 Å². The second-order valence-corrected chi connectivity index (χ2v) is 3.18. The lowest BCUT2D eigenvalue weighted by atomic mass is 10.2. The number of fused-ring (bicyclic) bond motifs is 1. The normalized spacial score (nSPS) is 10.2. The van der Waals surface area contributed by atoms with Crippen LogP contribution in [0.5, 0.6) is 0 Å². The van der Waals surface area contributed by atoms with Crippen LogP contribution in [-0.4, -0.2) is 9.78 Å². The molecule has 1 aromatic carbocycles. The standard InChI is InChI=1S/C9H6ClN3/c1-13-9-3-6(4-11)8(10)2-7(9)5-12-13/h2-3,5H,1H3. The lowest BCUT2D eigenvalue weighted by Gasteiger charge is -1.96. The summed E-state index contributed by atoms with van der Waals surface area (Å²) < 4.78 is 1.71. The van der Waals surface area contributed by atoms with Gasteiger partial charge in [0.2, 0.25) is 0 Å². The molecule has 0 amide bonds. The molecule has 3 nitrogen and oxygen atoms in total. The minimum absolute atomic E-state index is 0.475. The van der Waals surface area contributed by atoms with Crippen LogP contribution < -0.4 is 0 Å². The van der Waals surface area contributed by atoms with Gasteiger partial charge in [0.25, 0.3) is 0 Å². The van der Waals surface area contributed by atoms with Crippen LogP contribution in [-0.2, 0) is 7.05 Å². The Hall–Kier alpha value is -1.53. The zero-order chi connectivity index (χ0) is 9.42. The Kier molecular flexibility index (Phi) is 1.71. The molecule has 0 aliphatic carbocycles. The highest BCUT2D eigenvalue weighted by atomic mass is 35.5. The quantitative estimate of drug-likeness (QED) is 0.640. The number of hydrogen-bond donors (Lipinski definition) is 0. The SMILES string of the molecule is Cn1ncc2cc(Cl)c(C#N)cc21. The van der Waals surface area contributed by atoms with Crippen molar-refractivity contribution in [3.63, 3.8) is 0 Å². The predicted octanol–water partition coefficient (Wildman–Crippen LogP) is 2.10. The molecule has 13 heavy (non-hydrogen) atoms. The smallest absolute Gasteiger partial charge is 0.101 e. The van der Waals surface area contributed by atoms with Crippen molar-refractivity contribution < 1.29 is 0 Å². The van der Waals surface area contributed by atoms with E-state index in [9.17, 15) is 0 Å². The first-order valence-corrected chi connectivity index (χ1v) is 4.11. The molecule has 0 spiro atoms. The molecule has 0 fully saturated rings. The summed E-state index contributed by atoms with van der Waals surface area (Å²) >= 11 is 5.85. The molecule has 0 aliphatic heterocycles. The molecule has 0 saturated heterocycles. The third-order valence-electron chi connectivity index (χ3n) is 1.96. The Bertz CT molecular complexity index is 507. The maximum Gasteiger partial charge on any atom is 0.101 e. The van der Waals surface area contributed by atoms with Crippen molar-refractivity contribution in [3.05, 3.63) is 28.9 Å². The van der Waals surface area contributed by atoms with Gasteiger partial charge in [-0.15, -0.1) is 0 Å². The number of aromatic nitrogens is 2. The number of aryl methyl sites for hydroxylation is 1. The van der Waals surface area contributed by atoms with Crippen LogP contribution >= 0.6 is 11.6 Å². The van der Waals surface area contributed by atoms with Gasteiger partial charge < -0.3 is 0 Å². The number of benzene rings is 1. The molecule has 0 unspecified atom stereocenters. The van der Waals surface area contributed by atoms with Crippen molar-refractivity contribution >= 4 is 22.5 Å². The molecule has 0 saturated carbocycles. The van der Waals surface area contributed by atoms with Gasteiger partial charge in [0.15, 0.2) is 0 Å². The highest BCUT2D eigenvalue weighted by Crippen LogP contribution is 2.22. The van der Waals surface area contributed by atoms with E-state index < -0.39 is 0 Å². The third-order valence-corrected chi connectivity index (χ3v) is 2.27. The summed E-state index contributed by atoms with van der Waals surface area (Å²) in [5.41, 5.74) is 1.40. The van der Waals surface area contributed by atoms with Gasteiger partial charge in [-0.1, -0.05) is 11.6 Å². The molecule has 2 aromatic rings. The number of nitrogens with zero attached hydrogens (tertiary/aromatic N) is 3. The summed E-state index contributed by atoms with van der Waals surface area (Å²) in [6.45, 7) is 0. The molecule has 4 heteroatoms. The zero-order valence-corrected chi connectivity index (χ0v) is 7.71. The first-order chi connectivity index (χ1) is 6.22. The van der Waals surface area contributed by atoms with Gasteiger partial charge in [-0.25, -0.2) is 0 Å². The highest BCUT2D eigenvalue weighted by Gasteiger charge is 2.05. The second kappa shape index (κ2) is 2.75. The lowest BCUT2D eigenvalue weighted by Crippen LogP contribution is -1.89. The van der Waals surface area contributed by atoms with Crippen LogP contribution in [0.4, 0.5) is 0 Å². The Morgan fingerprint density at radius 1 is 1.54 bits per heavy atom. The number of nitriles is 1. The average molecular weight is 192 g/mol. The molecule has 64 valence electrons. The minimum atomic E-state index is 0.475. The first-order valence-electron chi connectivity index (χ1n) is 3.73. The molecule has 0 radical (unpaired) electrons. The molecule has 0 bridgehead atoms. The predicted molar refractivity (Wildman–Crippen MR) is 50.4 cm³/mol. The van der Waals surface area contributed by atoms with Crippen molar-refractivity contribution in [1.29, 1.82) is 5.26 Å². The van der Waals surface area contributed by atoms with E-state index in [4.69, 9.17) is 16.9 Å². The van der Waals surface area contributed by atoms with Gasteiger partial charge in [0.1, 0.15) is 6.07 Å². The summed E-state index contributed by atoms with van der Waals surface area (Å²) in [6.07, 6.45) is 1.72. The fourth-order valence-electron chi connectivity index (χ4n) is 1.26. The Balaban J connectivity index is 2.86. The van der Waals surface area contributed by atoms with Gasteiger partial charge in [0.05, 0.1) is 22.3 Å². The Morgan fingerprint density at radius 2 is 2.31 bits per heavy atom. The Labute approximate surface area is 80.1 Å². The van der Waals surface area contributed by atoms with Crippen molar-refractivity contribution in [1.82, 2.24) is 9.78 Å². The van der Waals surface area contributed by atoms with E-state index in [-0.39, 0.29) is 0 Å². The van der Waals surface area contributed by atoms with Crippen LogP contribution in [0, 0.1) is 11.3 Å². The molecule has 1 heterocycles. The number of rotatable bonds is 0. The summed E-state index contributed by atoms with van der Waals surface area (Å²) in [5.74, 6) is 0. The van der Waals surface area contributed by atoms with E-state index >= 15 is 0 Å². The summed E-state index contributed by atoms with van der Waals surface area (Å²) in [5, 5.41) is 14.2. The van der Waals surface area contributed by atoms with Crippen LogP contribution in [0.2, 0.25) is 5.02 Å². The van der Waals surface area contributed by atoms with Crippen molar-refractivity contribution in [2.24, 2.45) is 7.05 Å². The molecule has 2 rings (SSSR count). The molecule has 0 N–H and O–H groups in total. The second-order valence-electron chi connectivity index (χ2n) is 2.77. The lowest BCUT2D eigenvalue weighted by molar-refractivity contribution is 0.797. The van der Waals surface area contributed by atoms with Crippen LogP contribution in [0.15, 0.2) is 18.3 Å². The molecular formula is C9H6ClN3. The van der Waals surface area contributed by atoms with Crippen molar-refractivity contribution in [2.45, 2.75) is 0 Å². The van der Waals surface area contributed by atoms with E-state index in [1.54, 1.807) is 23.0 Å². The maximum absolute atomic E-state index is 8.74. The molecule has 1 aromatic heterocycles. The molecule has 0 aliphatic rings. The topological polar surface area (TPSA) is 41.6 Å². The van der Waals surface area contributed by atoms with E-state index in [2.05, 4.69) is 5.10 Å². The maximum atomic E-state index is 8.74. The summed E-state index contributed by atoms with van der Waals surface area (Å²) in [4.78, 5) is 0. The van der Waals surface area contributed by atoms with Gasteiger partial charge in [-0.05, 0) is 12.1 Å². The van der Waals surface area contributed by atoms with E-state index in [0.29, 0.717) is 10.6 Å².